The summed E-state index contributed by atoms with van der Waals surface area (Å²) in [5, 5.41) is 17.4. The minimum Gasteiger partial charge on any atom is -0.383 e. The first-order chi connectivity index (χ1) is 10.4. The lowest BCUT2D eigenvalue weighted by molar-refractivity contribution is 0.0678. The first-order valence-electron chi connectivity index (χ1n) is 7.30. The number of benzene rings is 1. The van der Waals surface area contributed by atoms with E-state index in [4.69, 9.17) is 5.73 Å². The summed E-state index contributed by atoms with van der Waals surface area (Å²) in [4.78, 5) is 4.26. The van der Waals surface area contributed by atoms with E-state index in [0.29, 0.717) is 11.9 Å². The van der Waals surface area contributed by atoms with Crippen LogP contribution in [0, 0.1) is 0 Å². The first kappa shape index (κ1) is 16.5. The van der Waals surface area contributed by atoms with Crippen LogP contribution in [-0.4, -0.2) is 17.6 Å². The van der Waals surface area contributed by atoms with Crippen molar-refractivity contribution >= 4 is 23.0 Å². The molecule has 0 bridgehead atoms. The highest BCUT2D eigenvalue weighted by molar-refractivity contribution is 7.08. The van der Waals surface area contributed by atoms with Crippen LogP contribution in [0.25, 0.3) is 0 Å². The summed E-state index contributed by atoms with van der Waals surface area (Å²) in [5.41, 5.74) is 7.92. The van der Waals surface area contributed by atoms with Gasteiger partial charge >= 0.3 is 0 Å². The molecule has 1 atom stereocenters. The zero-order chi connectivity index (χ0) is 16.2. The van der Waals surface area contributed by atoms with Gasteiger partial charge in [-0.25, -0.2) is 4.99 Å². The number of nitrogens with one attached hydrogen (secondary N) is 1. The second kappa shape index (κ2) is 6.94. The fourth-order valence-electron chi connectivity index (χ4n) is 2.06. The Hall–Kier alpha value is -1.85. The van der Waals surface area contributed by atoms with Crippen molar-refractivity contribution in [2.75, 3.05) is 11.9 Å². The van der Waals surface area contributed by atoms with Gasteiger partial charge in [-0.15, -0.1) is 0 Å². The molecular formula is C17H23N3OS. The number of nitrogens with zero attached hydrogens (tertiary/aromatic N) is 1. The number of thiophene rings is 1. The van der Waals surface area contributed by atoms with Crippen molar-refractivity contribution in [3.05, 3.63) is 52.2 Å². The third-order valence-corrected chi connectivity index (χ3v) is 4.21. The molecule has 0 amide bonds. The van der Waals surface area contributed by atoms with Crippen LogP contribution < -0.4 is 11.1 Å². The summed E-state index contributed by atoms with van der Waals surface area (Å²) >= 11 is 1.55. The molecule has 4 N–H and O–H groups in total. The molecule has 1 aromatic carbocycles. The summed E-state index contributed by atoms with van der Waals surface area (Å²) in [6, 6.07) is 9.99. The zero-order valence-electron chi connectivity index (χ0n) is 13.2. The van der Waals surface area contributed by atoms with Gasteiger partial charge in [0.15, 0.2) is 5.96 Å². The monoisotopic (exact) mass is 317 g/mol. The molecule has 0 fully saturated rings. The molecule has 118 valence electrons. The minimum atomic E-state index is -1.01. The van der Waals surface area contributed by atoms with Crippen LogP contribution in [0.2, 0.25) is 0 Å². The van der Waals surface area contributed by atoms with Crippen LogP contribution in [0.5, 0.6) is 0 Å². The number of anilines is 1. The largest absolute Gasteiger partial charge is 0.383 e. The maximum atomic E-state index is 10.4. The Morgan fingerprint density at radius 1 is 1.41 bits per heavy atom. The smallest absolute Gasteiger partial charge is 0.193 e. The fourth-order valence-corrected chi connectivity index (χ4v) is 2.85. The van der Waals surface area contributed by atoms with Gasteiger partial charge < -0.3 is 16.2 Å². The number of hydrogen-bond acceptors (Lipinski definition) is 3. The first-order valence-corrected chi connectivity index (χ1v) is 8.25. The van der Waals surface area contributed by atoms with Crippen molar-refractivity contribution in [1.82, 2.24) is 0 Å². The molecule has 0 saturated carbocycles. The lowest BCUT2D eigenvalue weighted by Crippen LogP contribution is -2.29. The molecule has 1 heterocycles. The summed E-state index contributed by atoms with van der Waals surface area (Å²) in [7, 11) is 0. The molecule has 0 saturated heterocycles. The Bertz CT molecular complexity index is 633. The highest BCUT2D eigenvalue weighted by Crippen LogP contribution is 2.23. The van der Waals surface area contributed by atoms with Crippen molar-refractivity contribution in [2.24, 2.45) is 10.7 Å². The molecule has 0 spiro atoms. The van der Waals surface area contributed by atoms with Gasteiger partial charge in [0.2, 0.25) is 0 Å². The number of rotatable bonds is 5. The van der Waals surface area contributed by atoms with E-state index in [9.17, 15) is 5.11 Å². The van der Waals surface area contributed by atoms with Gasteiger partial charge in [-0.2, -0.15) is 11.3 Å². The number of aliphatic imine (C=N–C) groups is 1. The van der Waals surface area contributed by atoms with Crippen molar-refractivity contribution < 1.29 is 5.11 Å². The van der Waals surface area contributed by atoms with E-state index in [1.54, 1.807) is 18.3 Å². The van der Waals surface area contributed by atoms with Gasteiger partial charge in [0.05, 0.1) is 6.54 Å². The third-order valence-electron chi connectivity index (χ3n) is 3.53. The summed E-state index contributed by atoms with van der Waals surface area (Å²) in [6.07, 6.45) is 0. The standard InChI is InChI=1S/C17H23N3OS/c1-12(2)13-5-4-6-15(9-13)20-16(18)19-11-17(3,21)14-7-8-22-10-14/h4-10,12,21H,11H2,1-3H3,(H3,18,19,20). The summed E-state index contributed by atoms with van der Waals surface area (Å²) in [5.74, 6) is 0.760. The van der Waals surface area contributed by atoms with E-state index in [1.807, 2.05) is 29.0 Å². The van der Waals surface area contributed by atoms with Gasteiger partial charge in [-0.3, -0.25) is 0 Å². The Balaban J connectivity index is 2.03. The summed E-state index contributed by atoms with van der Waals surface area (Å²) < 4.78 is 0. The fraction of sp³-hybridized carbons (Fsp3) is 0.353. The van der Waals surface area contributed by atoms with Crippen molar-refractivity contribution in [1.29, 1.82) is 0 Å². The lowest BCUT2D eigenvalue weighted by Gasteiger charge is -2.20. The SMILES string of the molecule is CC(C)c1cccc(NC(N)=NCC(C)(O)c2ccsc2)c1. The van der Waals surface area contributed by atoms with Gasteiger partial charge in [-0.1, -0.05) is 26.0 Å². The molecule has 1 unspecified atom stereocenters. The quantitative estimate of drug-likeness (QED) is 0.584. The van der Waals surface area contributed by atoms with Crippen molar-refractivity contribution in [2.45, 2.75) is 32.3 Å². The molecule has 0 aliphatic carbocycles. The normalized spacial score (nSPS) is 14.9. The summed E-state index contributed by atoms with van der Waals surface area (Å²) in [6.45, 7) is 6.25. The number of aliphatic hydroxyl groups is 1. The maximum absolute atomic E-state index is 10.4. The lowest BCUT2D eigenvalue weighted by atomic mass is 10.00. The van der Waals surface area contributed by atoms with Crippen LogP contribution in [0.1, 0.15) is 37.8 Å². The highest BCUT2D eigenvalue weighted by atomic mass is 32.1. The van der Waals surface area contributed by atoms with E-state index in [-0.39, 0.29) is 6.54 Å². The molecule has 1 aromatic heterocycles. The average molecular weight is 317 g/mol. The number of guanidine groups is 1. The molecule has 0 radical (unpaired) electrons. The van der Waals surface area contributed by atoms with Crippen LogP contribution in [0.15, 0.2) is 46.1 Å². The van der Waals surface area contributed by atoms with E-state index in [1.165, 1.54) is 5.56 Å². The van der Waals surface area contributed by atoms with Crippen LogP contribution in [-0.2, 0) is 5.60 Å². The maximum Gasteiger partial charge on any atom is 0.193 e. The van der Waals surface area contributed by atoms with Gasteiger partial charge in [-0.05, 0) is 52.9 Å². The Labute approximate surface area is 135 Å². The van der Waals surface area contributed by atoms with Gasteiger partial charge in [0.25, 0.3) is 0 Å². The van der Waals surface area contributed by atoms with E-state index in [0.717, 1.165) is 11.3 Å². The van der Waals surface area contributed by atoms with Crippen LogP contribution in [0.4, 0.5) is 5.69 Å². The molecule has 22 heavy (non-hydrogen) atoms. The predicted octanol–water partition coefficient (Wildman–Crippen LogP) is 3.51. The topological polar surface area (TPSA) is 70.6 Å². The Morgan fingerprint density at radius 2 is 2.18 bits per heavy atom. The van der Waals surface area contributed by atoms with Crippen LogP contribution >= 0.6 is 11.3 Å². The molecule has 5 heteroatoms. The van der Waals surface area contributed by atoms with E-state index in [2.05, 4.69) is 36.3 Å². The molecule has 0 aliphatic rings. The zero-order valence-corrected chi connectivity index (χ0v) is 14.0. The Kier molecular flexibility index (Phi) is 5.21. The predicted molar refractivity (Wildman–Crippen MR) is 94.5 cm³/mol. The third kappa shape index (κ3) is 4.32. The van der Waals surface area contributed by atoms with Crippen molar-refractivity contribution in [3.8, 4) is 0 Å². The average Bonchev–Trinajstić information content (AvgIpc) is 3.00. The van der Waals surface area contributed by atoms with Gasteiger partial charge in [0.1, 0.15) is 5.60 Å². The molecule has 2 aromatic rings. The van der Waals surface area contributed by atoms with Crippen molar-refractivity contribution in [3.63, 3.8) is 0 Å². The second-order valence-electron chi connectivity index (χ2n) is 5.89. The van der Waals surface area contributed by atoms with Crippen LogP contribution in [0.3, 0.4) is 0 Å². The second-order valence-corrected chi connectivity index (χ2v) is 6.67. The molecule has 4 nitrogen and oxygen atoms in total. The van der Waals surface area contributed by atoms with Gasteiger partial charge in [0, 0.05) is 5.69 Å². The molecular weight excluding hydrogens is 294 g/mol. The van der Waals surface area contributed by atoms with E-state index < -0.39 is 5.60 Å². The Morgan fingerprint density at radius 3 is 2.82 bits per heavy atom. The molecule has 0 aliphatic heterocycles. The number of nitrogens with two attached hydrogens (primary N) is 1. The molecule has 2 rings (SSSR count). The van der Waals surface area contributed by atoms with E-state index >= 15 is 0 Å². The number of hydrogen-bond donors (Lipinski definition) is 3. The highest BCUT2D eigenvalue weighted by Gasteiger charge is 2.23. The minimum absolute atomic E-state index is 0.215.